The van der Waals surface area contributed by atoms with Crippen LogP contribution in [-0.2, 0) is 6.42 Å². The van der Waals surface area contributed by atoms with Crippen molar-refractivity contribution in [1.82, 2.24) is 0 Å². The number of benzene rings is 2. The second kappa shape index (κ2) is 6.42. The summed E-state index contributed by atoms with van der Waals surface area (Å²) in [7, 11) is 0. The van der Waals surface area contributed by atoms with Gasteiger partial charge >= 0.3 is 0 Å². The SMILES string of the molecule is Cc1cc(Oc2cc(C)c(Br)c(C)c2)ccc1CCN. The number of rotatable bonds is 4. The van der Waals surface area contributed by atoms with E-state index in [9.17, 15) is 0 Å². The number of halogens is 1. The molecule has 0 aliphatic rings. The van der Waals surface area contributed by atoms with Gasteiger partial charge < -0.3 is 10.5 Å². The number of hydrogen-bond donors (Lipinski definition) is 1. The van der Waals surface area contributed by atoms with Crippen LogP contribution in [0.5, 0.6) is 11.5 Å². The van der Waals surface area contributed by atoms with Crippen LogP contribution in [0, 0.1) is 20.8 Å². The van der Waals surface area contributed by atoms with Gasteiger partial charge in [-0.15, -0.1) is 0 Å². The highest BCUT2D eigenvalue weighted by atomic mass is 79.9. The Balaban J connectivity index is 2.24. The van der Waals surface area contributed by atoms with Crippen molar-refractivity contribution < 1.29 is 4.74 Å². The van der Waals surface area contributed by atoms with Crippen LogP contribution < -0.4 is 10.5 Å². The quantitative estimate of drug-likeness (QED) is 0.882. The monoisotopic (exact) mass is 333 g/mol. The fourth-order valence-electron chi connectivity index (χ4n) is 2.27. The van der Waals surface area contributed by atoms with Crippen molar-refractivity contribution >= 4 is 15.9 Å². The van der Waals surface area contributed by atoms with E-state index in [-0.39, 0.29) is 0 Å². The molecule has 0 bridgehead atoms. The maximum absolute atomic E-state index is 5.96. The molecule has 2 rings (SSSR count). The van der Waals surface area contributed by atoms with Gasteiger partial charge in [0.25, 0.3) is 0 Å². The van der Waals surface area contributed by atoms with Crippen LogP contribution in [0.4, 0.5) is 0 Å². The Morgan fingerprint density at radius 2 is 1.55 bits per heavy atom. The molecule has 0 aliphatic heterocycles. The van der Waals surface area contributed by atoms with Gasteiger partial charge in [-0.3, -0.25) is 0 Å². The number of aryl methyl sites for hydroxylation is 3. The summed E-state index contributed by atoms with van der Waals surface area (Å²) in [5.74, 6) is 1.73. The highest BCUT2D eigenvalue weighted by Gasteiger charge is 2.05. The first-order valence-electron chi connectivity index (χ1n) is 6.75. The minimum Gasteiger partial charge on any atom is -0.457 e. The van der Waals surface area contributed by atoms with Crippen molar-refractivity contribution in [3.63, 3.8) is 0 Å². The molecule has 3 heteroatoms. The summed E-state index contributed by atoms with van der Waals surface area (Å²) in [6.07, 6.45) is 0.905. The van der Waals surface area contributed by atoms with Gasteiger partial charge in [0.05, 0.1) is 0 Å². The van der Waals surface area contributed by atoms with Gasteiger partial charge in [0.2, 0.25) is 0 Å². The Morgan fingerprint density at radius 3 is 2.10 bits per heavy atom. The predicted octanol–water partition coefficient (Wildman–Crippen LogP) is 4.67. The lowest BCUT2D eigenvalue weighted by atomic mass is 10.1. The first kappa shape index (κ1) is 15.1. The molecule has 0 heterocycles. The average Bonchev–Trinajstić information content (AvgIpc) is 2.39. The summed E-state index contributed by atoms with van der Waals surface area (Å²) in [5, 5.41) is 0. The van der Waals surface area contributed by atoms with Crippen molar-refractivity contribution in [2.45, 2.75) is 27.2 Å². The highest BCUT2D eigenvalue weighted by molar-refractivity contribution is 9.10. The molecule has 0 fully saturated rings. The van der Waals surface area contributed by atoms with Crippen LogP contribution in [0.3, 0.4) is 0 Å². The first-order chi connectivity index (χ1) is 9.51. The van der Waals surface area contributed by atoms with Crippen molar-refractivity contribution in [2.75, 3.05) is 6.54 Å². The molecule has 0 atom stereocenters. The highest BCUT2D eigenvalue weighted by Crippen LogP contribution is 2.30. The summed E-state index contributed by atoms with van der Waals surface area (Å²) in [6, 6.07) is 10.2. The molecule has 0 unspecified atom stereocenters. The van der Waals surface area contributed by atoms with E-state index in [1.54, 1.807) is 0 Å². The lowest BCUT2D eigenvalue weighted by molar-refractivity contribution is 0.481. The molecule has 0 aliphatic carbocycles. The fourth-order valence-corrected chi connectivity index (χ4v) is 2.50. The van der Waals surface area contributed by atoms with Gasteiger partial charge in [0.1, 0.15) is 11.5 Å². The van der Waals surface area contributed by atoms with E-state index in [2.05, 4.69) is 48.8 Å². The van der Waals surface area contributed by atoms with Crippen LogP contribution in [0.25, 0.3) is 0 Å². The van der Waals surface area contributed by atoms with Crippen LogP contribution in [-0.4, -0.2) is 6.54 Å². The Labute approximate surface area is 129 Å². The standard InChI is InChI=1S/C17H20BrNO/c1-11-8-15(5-4-14(11)6-7-19)20-16-9-12(2)17(18)13(3)10-16/h4-5,8-10H,6-7,19H2,1-3H3. The minimum absolute atomic E-state index is 0.673. The molecule has 0 saturated heterocycles. The zero-order valence-corrected chi connectivity index (χ0v) is 13.8. The molecule has 0 aromatic heterocycles. The molecule has 2 nitrogen and oxygen atoms in total. The predicted molar refractivity (Wildman–Crippen MR) is 87.6 cm³/mol. The van der Waals surface area contributed by atoms with Gasteiger partial charge in [-0.25, -0.2) is 0 Å². The summed E-state index contributed by atoms with van der Waals surface area (Å²) < 4.78 is 7.10. The third kappa shape index (κ3) is 3.41. The van der Waals surface area contributed by atoms with Crippen LogP contribution in [0.1, 0.15) is 22.3 Å². The van der Waals surface area contributed by atoms with Crippen molar-refractivity contribution in [3.8, 4) is 11.5 Å². The molecular formula is C17H20BrNO. The van der Waals surface area contributed by atoms with Crippen LogP contribution in [0.2, 0.25) is 0 Å². The fraction of sp³-hybridized carbons (Fsp3) is 0.294. The smallest absolute Gasteiger partial charge is 0.128 e. The Hall–Kier alpha value is -1.32. The van der Waals surface area contributed by atoms with E-state index >= 15 is 0 Å². The zero-order chi connectivity index (χ0) is 14.7. The van der Waals surface area contributed by atoms with Crippen LogP contribution in [0.15, 0.2) is 34.8 Å². The maximum atomic E-state index is 5.96. The van der Waals surface area contributed by atoms with Crippen molar-refractivity contribution in [2.24, 2.45) is 5.73 Å². The molecule has 2 N–H and O–H groups in total. The van der Waals surface area contributed by atoms with Gasteiger partial charge in [-0.05, 0) is 80.3 Å². The van der Waals surface area contributed by atoms with E-state index in [1.165, 1.54) is 22.3 Å². The number of ether oxygens (including phenoxy) is 1. The normalized spacial score (nSPS) is 10.7. The molecule has 0 spiro atoms. The van der Waals surface area contributed by atoms with E-state index in [0.717, 1.165) is 22.4 Å². The Morgan fingerprint density at radius 1 is 0.950 bits per heavy atom. The second-order valence-electron chi connectivity index (χ2n) is 5.10. The topological polar surface area (TPSA) is 35.2 Å². The maximum Gasteiger partial charge on any atom is 0.128 e. The van der Waals surface area contributed by atoms with Crippen molar-refractivity contribution in [3.05, 3.63) is 57.1 Å². The third-order valence-corrected chi connectivity index (χ3v) is 4.62. The Kier molecular flexibility index (Phi) is 4.84. The van der Waals surface area contributed by atoms with Gasteiger partial charge in [0.15, 0.2) is 0 Å². The molecule has 2 aromatic rings. The lowest BCUT2D eigenvalue weighted by Crippen LogP contribution is -2.04. The minimum atomic E-state index is 0.673. The summed E-state index contributed by atoms with van der Waals surface area (Å²) >= 11 is 3.57. The molecule has 0 saturated carbocycles. The molecule has 0 amide bonds. The van der Waals surface area contributed by atoms with E-state index < -0.39 is 0 Å². The van der Waals surface area contributed by atoms with Crippen molar-refractivity contribution in [1.29, 1.82) is 0 Å². The zero-order valence-electron chi connectivity index (χ0n) is 12.2. The second-order valence-corrected chi connectivity index (χ2v) is 5.89. The van der Waals surface area contributed by atoms with E-state index in [0.29, 0.717) is 6.54 Å². The summed E-state index contributed by atoms with van der Waals surface area (Å²) in [5.41, 5.74) is 10.5. The first-order valence-corrected chi connectivity index (χ1v) is 7.54. The summed E-state index contributed by atoms with van der Waals surface area (Å²) in [6.45, 7) is 6.90. The van der Waals surface area contributed by atoms with E-state index in [1.807, 2.05) is 18.2 Å². The lowest BCUT2D eigenvalue weighted by Gasteiger charge is -2.12. The molecule has 20 heavy (non-hydrogen) atoms. The number of hydrogen-bond acceptors (Lipinski definition) is 2. The van der Waals surface area contributed by atoms with Crippen LogP contribution >= 0.6 is 15.9 Å². The number of nitrogens with two attached hydrogens (primary N) is 1. The van der Waals surface area contributed by atoms with Gasteiger partial charge in [-0.1, -0.05) is 22.0 Å². The molecule has 2 aromatic carbocycles. The summed E-state index contributed by atoms with van der Waals surface area (Å²) in [4.78, 5) is 0. The van der Waals surface area contributed by atoms with E-state index in [4.69, 9.17) is 10.5 Å². The molecular weight excluding hydrogens is 314 g/mol. The van der Waals surface area contributed by atoms with Gasteiger partial charge in [-0.2, -0.15) is 0 Å². The van der Waals surface area contributed by atoms with Gasteiger partial charge in [0, 0.05) is 4.47 Å². The Bertz CT molecular complexity index is 599. The average molecular weight is 334 g/mol. The third-order valence-electron chi connectivity index (χ3n) is 3.37. The largest absolute Gasteiger partial charge is 0.457 e. The molecule has 0 radical (unpaired) electrons. The molecule has 106 valence electrons.